The minimum Gasteiger partial charge on any atom is -0.476 e. The number of aromatic nitrogens is 3. The first-order valence-corrected chi connectivity index (χ1v) is 31.0. The number of hydrogen-bond donors (Lipinski definition) is 6. The largest absolute Gasteiger partial charge is 0.476 e. The fourth-order valence-corrected chi connectivity index (χ4v) is 16.2. The Morgan fingerprint density at radius 1 is 0.427 bits per heavy atom. The molecule has 15 rings (SSSR count). The summed E-state index contributed by atoms with van der Waals surface area (Å²) in [4.78, 5) is 13.3. The molecule has 14 nitrogen and oxygen atoms in total. The van der Waals surface area contributed by atoms with Gasteiger partial charge in [0.15, 0.2) is 33.6 Å². The van der Waals surface area contributed by atoms with Gasteiger partial charge >= 0.3 is 0 Å². The molecule has 448 valence electrons. The highest BCUT2D eigenvalue weighted by Gasteiger charge is 2.76. The van der Waals surface area contributed by atoms with Crippen LogP contribution in [0.1, 0.15) is 98.6 Å². The van der Waals surface area contributed by atoms with Crippen molar-refractivity contribution in [3.05, 3.63) is 282 Å². The highest BCUT2D eigenvalue weighted by Crippen LogP contribution is 2.71. The molecule has 9 aromatic rings. The van der Waals surface area contributed by atoms with E-state index in [9.17, 15) is 41.2 Å². The first-order chi connectivity index (χ1) is 43.1. The lowest BCUT2D eigenvalue weighted by molar-refractivity contribution is -0.136. The summed E-state index contributed by atoms with van der Waals surface area (Å²) in [5, 5.41) is 87.2. The number of fused-ring (bicyclic) bond motifs is 9. The maximum absolute atomic E-state index is 12.2. The van der Waals surface area contributed by atoms with Gasteiger partial charge in [0.2, 0.25) is 0 Å². The van der Waals surface area contributed by atoms with E-state index < -0.39 is 51.4 Å². The van der Waals surface area contributed by atoms with E-state index in [1.165, 1.54) is 18.6 Å². The van der Waals surface area contributed by atoms with Crippen molar-refractivity contribution in [3.8, 4) is 29.4 Å². The number of aliphatic hydroxyl groups excluding tert-OH is 3. The van der Waals surface area contributed by atoms with Crippen LogP contribution in [0, 0.1) is 40.4 Å². The summed E-state index contributed by atoms with van der Waals surface area (Å²) in [5.74, 6) is -0.819. The topological polar surface area (TPSA) is 235 Å². The molecule has 0 spiro atoms. The highest BCUT2D eigenvalue weighted by molar-refractivity contribution is 9.10. The molecule has 0 amide bonds. The van der Waals surface area contributed by atoms with Gasteiger partial charge in [-0.15, -0.1) is 0 Å². The molecule has 6 heterocycles. The second-order valence-electron chi connectivity index (χ2n) is 23.4. The minimum atomic E-state index is -1.56. The first kappa shape index (κ1) is 60.2. The zero-order valence-electron chi connectivity index (χ0n) is 47.4. The fourth-order valence-electron chi connectivity index (χ4n) is 15.5. The zero-order chi connectivity index (χ0) is 62.1. The molecular formula is C71H57BrCl3N5O9. The summed E-state index contributed by atoms with van der Waals surface area (Å²) in [7, 11) is 0. The third-order valence-electron chi connectivity index (χ3n) is 19.3. The number of ether oxygens (including phenoxy) is 3. The molecule has 18 heteroatoms. The molecule has 6 aromatic carbocycles. The molecule has 3 saturated carbocycles. The van der Waals surface area contributed by atoms with Crippen LogP contribution in [-0.2, 0) is 33.6 Å². The Hall–Kier alpha value is -7.74. The Morgan fingerprint density at radius 3 is 0.955 bits per heavy atom. The second-order valence-corrected chi connectivity index (χ2v) is 25.7. The number of hydrogen-bond acceptors (Lipinski definition) is 14. The number of pyridine rings is 3. The second kappa shape index (κ2) is 23.3. The molecule has 3 aromatic heterocycles. The summed E-state index contributed by atoms with van der Waals surface area (Å²) in [6.07, 6.45) is 6.09. The van der Waals surface area contributed by atoms with Crippen molar-refractivity contribution < 1.29 is 44.8 Å². The number of benzene rings is 6. The number of halogens is 4. The van der Waals surface area contributed by atoms with Crippen LogP contribution in [0.15, 0.2) is 205 Å². The quantitative estimate of drug-likeness (QED) is 0.0789. The summed E-state index contributed by atoms with van der Waals surface area (Å²) >= 11 is 22.0. The van der Waals surface area contributed by atoms with Crippen molar-refractivity contribution in [3.63, 3.8) is 0 Å². The summed E-state index contributed by atoms with van der Waals surface area (Å²) in [5.41, 5.74) is -0.602. The van der Waals surface area contributed by atoms with Gasteiger partial charge < -0.3 is 44.8 Å². The normalized spacial score (nSPS) is 29.3. The molecule has 0 unspecified atom stereocenters. The molecule has 0 radical (unpaired) electrons. The van der Waals surface area contributed by atoms with Gasteiger partial charge in [-0.3, -0.25) is 15.0 Å². The van der Waals surface area contributed by atoms with Crippen LogP contribution in [0.2, 0.25) is 15.1 Å². The van der Waals surface area contributed by atoms with Crippen LogP contribution in [0.5, 0.6) is 17.2 Å². The van der Waals surface area contributed by atoms with E-state index in [1.807, 2.05) is 140 Å². The van der Waals surface area contributed by atoms with Crippen LogP contribution in [0.3, 0.4) is 0 Å². The Labute approximate surface area is 536 Å². The lowest BCUT2D eigenvalue weighted by atomic mass is 9.71. The molecule has 6 N–H and O–H groups in total. The van der Waals surface area contributed by atoms with Crippen molar-refractivity contribution in [2.45, 2.75) is 70.6 Å². The number of nitriles is 2. The van der Waals surface area contributed by atoms with Crippen LogP contribution in [0.4, 0.5) is 0 Å². The third kappa shape index (κ3) is 9.03. The fraction of sp³-hybridized carbons (Fsp3) is 0.254. The molecule has 3 aliphatic heterocycles. The van der Waals surface area contributed by atoms with Gasteiger partial charge in [-0.25, -0.2) is 0 Å². The number of aliphatic hydroxyl groups is 6. The Morgan fingerprint density at radius 2 is 0.697 bits per heavy atom. The van der Waals surface area contributed by atoms with Crippen LogP contribution < -0.4 is 14.2 Å². The van der Waals surface area contributed by atoms with E-state index in [1.54, 1.807) is 42.5 Å². The number of nitrogens with zero attached hydrogens (tertiary/aromatic N) is 5. The molecule has 6 aliphatic rings. The smallest absolute Gasteiger partial charge is 0.175 e. The van der Waals surface area contributed by atoms with Crippen molar-refractivity contribution in [2.24, 2.45) is 17.8 Å². The Kier molecular flexibility index (Phi) is 15.7. The summed E-state index contributed by atoms with van der Waals surface area (Å²) < 4.78 is 20.7. The first-order valence-electron chi connectivity index (χ1n) is 29.1. The SMILES string of the molecule is N#Cc1ccc([C@@]23Oc4cc(Cl)cnc4[C@]2(O)[C@@H](CO)C[C@H]3c2ccccc2)cc1.N#Cc1ccc([C@@]23Oc4cc(Cl)cnc4[C@]2(O)[C@@H](CO)C[C@H]3c2ccccc2)cc1.OC[C@H]1C[C@@H](c2ccccc2)[C@]2(c3ccc(Br)cc3)Oc3cc(Cl)cnc3[C@]12O. The van der Waals surface area contributed by atoms with E-state index in [4.69, 9.17) is 49.0 Å². The number of rotatable bonds is 9. The molecule has 12 atom stereocenters. The summed E-state index contributed by atoms with van der Waals surface area (Å²) in [6, 6.07) is 60.8. The third-order valence-corrected chi connectivity index (χ3v) is 20.4. The predicted molar refractivity (Wildman–Crippen MR) is 336 cm³/mol. The molecular weight excluding hydrogens is 1250 g/mol. The molecule has 0 saturated heterocycles. The van der Waals surface area contributed by atoms with Gasteiger partial charge in [0.1, 0.15) is 34.3 Å². The lowest BCUT2D eigenvalue weighted by Crippen LogP contribution is -2.51. The zero-order valence-corrected chi connectivity index (χ0v) is 51.3. The van der Waals surface area contributed by atoms with Gasteiger partial charge in [0.25, 0.3) is 0 Å². The average molecular weight is 1310 g/mol. The van der Waals surface area contributed by atoms with Gasteiger partial charge in [0, 0.05) is 96.6 Å². The molecule has 3 aliphatic carbocycles. The van der Waals surface area contributed by atoms with E-state index >= 15 is 0 Å². The van der Waals surface area contributed by atoms with Crippen LogP contribution >= 0.6 is 50.7 Å². The van der Waals surface area contributed by atoms with Crippen molar-refractivity contribution in [1.29, 1.82) is 10.5 Å². The lowest BCUT2D eigenvalue weighted by Gasteiger charge is -2.41. The van der Waals surface area contributed by atoms with Gasteiger partial charge in [0.05, 0.1) is 38.3 Å². The standard InChI is InChI=1S/2C24H19ClN2O3.C23H19BrClNO3/c2*25-19-11-21-22(27-13-19)23(29)18(14-28)10-20(16-4-2-1-3-5-16)24(23,30-21)17-8-6-15(12-26)7-9-17;24-17-8-6-15(7-9-17)23-19(14-4-2-1-3-5-14)10-16(13-27)22(23,28)21-20(29-23)11-18(25)12-26-21/h2*1-9,11,13,18,20,28-29H,10,14H2;1-9,11-12,16,19,27-28H,10,13H2/t2*18-,20+,23-,24+;16-,19+,22-,23+/m111/s1. The average Bonchev–Trinajstić information content (AvgIpc) is 1.54. The van der Waals surface area contributed by atoms with Gasteiger partial charge in [-0.1, -0.05) is 178 Å². The van der Waals surface area contributed by atoms with Crippen molar-refractivity contribution >= 4 is 50.7 Å². The Balaban J connectivity index is 0.000000123. The predicted octanol–water partition coefficient (Wildman–Crippen LogP) is 12.5. The van der Waals surface area contributed by atoms with E-state index in [0.29, 0.717) is 79.8 Å². The molecule has 3 fully saturated rings. The monoisotopic (exact) mass is 1310 g/mol. The highest BCUT2D eigenvalue weighted by atomic mass is 79.9. The summed E-state index contributed by atoms with van der Waals surface area (Å²) in [6.45, 7) is -0.610. The van der Waals surface area contributed by atoms with E-state index in [-0.39, 0.29) is 37.6 Å². The Bertz CT molecular complexity index is 4030. The van der Waals surface area contributed by atoms with Crippen molar-refractivity contribution in [2.75, 3.05) is 19.8 Å². The molecule has 0 bridgehead atoms. The maximum Gasteiger partial charge on any atom is 0.175 e. The maximum atomic E-state index is 12.2. The molecule has 89 heavy (non-hydrogen) atoms. The van der Waals surface area contributed by atoms with E-state index in [2.05, 4.69) is 43.0 Å². The van der Waals surface area contributed by atoms with Crippen molar-refractivity contribution in [1.82, 2.24) is 15.0 Å². The minimum absolute atomic E-state index is 0.175. The van der Waals surface area contributed by atoms with Crippen LogP contribution in [-0.4, -0.2) is 65.4 Å². The van der Waals surface area contributed by atoms with Gasteiger partial charge in [-0.05, 0) is 89.0 Å². The van der Waals surface area contributed by atoms with Gasteiger partial charge in [-0.2, -0.15) is 10.5 Å². The van der Waals surface area contributed by atoms with E-state index in [0.717, 1.165) is 37.9 Å². The van der Waals surface area contributed by atoms with Crippen LogP contribution in [0.25, 0.3) is 0 Å².